The van der Waals surface area contributed by atoms with Crippen LogP contribution in [0.15, 0.2) is 36.9 Å². The van der Waals surface area contributed by atoms with E-state index in [9.17, 15) is 0 Å². The molecule has 0 heterocycles. The van der Waals surface area contributed by atoms with Crippen molar-refractivity contribution >= 4 is 0 Å². The van der Waals surface area contributed by atoms with Crippen LogP contribution in [0, 0.1) is 0 Å². The molecule has 2 heteroatoms. The Balaban J connectivity index is 2.35. The van der Waals surface area contributed by atoms with Crippen molar-refractivity contribution < 1.29 is 4.74 Å². The molecule has 0 aliphatic rings. The molecule has 0 amide bonds. The van der Waals surface area contributed by atoms with Crippen molar-refractivity contribution in [2.24, 2.45) is 0 Å². The number of nitrogens with one attached hydrogen (secondary N) is 1. The molecule has 2 nitrogen and oxygen atoms in total. The average Bonchev–Trinajstić information content (AvgIpc) is 2.44. The first-order chi connectivity index (χ1) is 9.27. The van der Waals surface area contributed by atoms with E-state index in [1.807, 2.05) is 6.08 Å². The fraction of sp³-hybridized carbons (Fsp3) is 0.529. The molecule has 0 saturated carbocycles. The number of hydrogen-bond donors (Lipinski definition) is 1. The van der Waals surface area contributed by atoms with Crippen molar-refractivity contribution in [3.63, 3.8) is 0 Å². The van der Waals surface area contributed by atoms with Crippen LogP contribution < -0.4 is 5.32 Å². The smallest absolute Gasteiger partial charge is 0.0717 e. The molecule has 1 unspecified atom stereocenters. The molecule has 1 rings (SSSR count). The summed E-state index contributed by atoms with van der Waals surface area (Å²) in [7, 11) is 0. The Morgan fingerprint density at radius 3 is 2.68 bits per heavy atom. The van der Waals surface area contributed by atoms with Crippen molar-refractivity contribution in [3.8, 4) is 0 Å². The highest BCUT2D eigenvalue weighted by molar-refractivity contribution is 5.24. The number of benzene rings is 1. The van der Waals surface area contributed by atoms with Crippen LogP contribution in [-0.2, 0) is 11.3 Å². The predicted molar refractivity (Wildman–Crippen MR) is 82.5 cm³/mol. The summed E-state index contributed by atoms with van der Waals surface area (Å²) in [5, 5.41) is 3.46. The van der Waals surface area contributed by atoms with Crippen molar-refractivity contribution in [1.29, 1.82) is 0 Å². The summed E-state index contributed by atoms with van der Waals surface area (Å²) in [6.07, 6.45) is 3.99. The summed E-state index contributed by atoms with van der Waals surface area (Å²) >= 11 is 0. The van der Waals surface area contributed by atoms with Crippen LogP contribution in [0.3, 0.4) is 0 Å². The van der Waals surface area contributed by atoms with Crippen molar-refractivity contribution in [3.05, 3.63) is 48.0 Å². The van der Waals surface area contributed by atoms with Gasteiger partial charge in [0.25, 0.3) is 0 Å². The average molecular weight is 261 g/mol. The molecular weight excluding hydrogens is 234 g/mol. The minimum Gasteiger partial charge on any atom is -0.376 e. The third-order valence-electron chi connectivity index (χ3n) is 3.16. The highest BCUT2D eigenvalue weighted by Crippen LogP contribution is 2.15. The monoisotopic (exact) mass is 261 g/mol. The Kier molecular flexibility index (Phi) is 8.19. The summed E-state index contributed by atoms with van der Waals surface area (Å²) < 4.78 is 5.56. The second-order valence-electron chi connectivity index (χ2n) is 4.98. The minimum atomic E-state index is 0.558. The molecule has 0 spiro atoms. The van der Waals surface area contributed by atoms with Gasteiger partial charge in [-0.3, -0.25) is 0 Å². The van der Waals surface area contributed by atoms with Crippen LogP contribution in [0.2, 0.25) is 0 Å². The topological polar surface area (TPSA) is 21.3 Å². The van der Waals surface area contributed by atoms with Gasteiger partial charge < -0.3 is 10.1 Å². The normalized spacial score (nSPS) is 12.3. The van der Waals surface area contributed by atoms with Gasteiger partial charge in [0.2, 0.25) is 0 Å². The lowest BCUT2D eigenvalue weighted by molar-refractivity contribution is 0.125. The maximum atomic E-state index is 5.56. The third kappa shape index (κ3) is 6.55. The van der Waals surface area contributed by atoms with E-state index in [-0.39, 0.29) is 0 Å². The van der Waals surface area contributed by atoms with Crippen molar-refractivity contribution in [1.82, 2.24) is 5.32 Å². The molecule has 1 aromatic rings. The molecule has 1 aromatic carbocycles. The van der Waals surface area contributed by atoms with E-state index in [4.69, 9.17) is 4.74 Å². The first kappa shape index (κ1) is 15.9. The summed E-state index contributed by atoms with van der Waals surface area (Å²) in [6.45, 7) is 11.7. The van der Waals surface area contributed by atoms with Gasteiger partial charge in [-0.2, -0.15) is 0 Å². The van der Waals surface area contributed by atoms with Crippen molar-refractivity contribution in [2.45, 2.75) is 39.2 Å². The van der Waals surface area contributed by atoms with Gasteiger partial charge in [0.1, 0.15) is 0 Å². The first-order valence-corrected chi connectivity index (χ1v) is 7.26. The SMILES string of the molecule is C=CCCOCc1ccc(C(C)CNCCC)cc1. The maximum Gasteiger partial charge on any atom is 0.0717 e. The van der Waals surface area contributed by atoms with Crippen LogP contribution in [0.5, 0.6) is 0 Å². The van der Waals surface area contributed by atoms with E-state index in [0.717, 1.165) is 26.1 Å². The van der Waals surface area contributed by atoms with E-state index in [1.54, 1.807) is 0 Å². The van der Waals surface area contributed by atoms with E-state index >= 15 is 0 Å². The number of rotatable bonds is 10. The Hall–Kier alpha value is -1.12. The van der Waals surface area contributed by atoms with E-state index in [2.05, 4.69) is 50.0 Å². The summed E-state index contributed by atoms with van der Waals surface area (Å²) in [5.41, 5.74) is 2.62. The second kappa shape index (κ2) is 9.76. The zero-order chi connectivity index (χ0) is 13.9. The van der Waals surface area contributed by atoms with E-state index < -0.39 is 0 Å². The van der Waals surface area contributed by atoms with Crippen LogP contribution in [0.25, 0.3) is 0 Å². The Morgan fingerprint density at radius 1 is 1.32 bits per heavy atom. The predicted octanol–water partition coefficient (Wildman–Crippen LogP) is 3.88. The minimum absolute atomic E-state index is 0.558. The fourth-order valence-corrected chi connectivity index (χ4v) is 1.91. The van der Waals surface area contributed by atoms with Crippen LogP contribution in [0.1, 0.15) is 43.7 Å². The summed E-state index contributed by atoms with van der Waals surface area (Å²) in [6, 6.07) is 8.76. The quantitative estimate of drug-likeness (QED) is 0.510. The van der Waals surface area contributed by atoms with Gasteiger partial charge in [0.15, 0.2) is 0 Å². The molecule has 19 heavy (non-hydrogen) atoms. The van der Waals surface area contributed by atoms with Gasteiger partial charge >= 0.3 is 0 Å². The lowest BCUT2D eigenvalue weighted by Gasteiger charge is -2.13. The molecule has 1 atom stereocenters. The molecule has 1 N–H and O–H groups in total. The van der Waals surface area contributed by atoms with Gasteiger partial charge in [-0.1, -0.05) is 44.2 Å². The van der Waals surface area contributed by atoms with Gasteiger partial charge in [0, 0.05) is 6.54 Å². The number of ether oxygens (including phenoxy) is 1. The molecule has 0 fully saturated rings. The zero-order valence-corrected chi connectivity index (χ0v) is 12.3. The first-order valence-electron chi connectivity index (χ1n) is 7.26. The highest BCUT2D eigenvalue weighted by Gasteiger charge is 2.04. The van der Waals surface area contributed by atoms with Crippen LogP contribution >= 0.6 is 0 Å². The van der Waals surface area contributed by atoms with Gasteiger partial charge in [-0.05, 0) is 36.4 Å². The molecule has 0 aliphatic heterocycles. The lowest BCUT2D eigenvalue weighted by Crippen LogP contribution is -2.20. The molecule has 0 aliphatic carbocycles. The summed E-state index contributed by atoms with van der Waals surface area (Å²) in [4.78, 5) is 0. The van der Waals surface area contributed by atoms with E-state index in [0.29, 0.717) is 12.5 Å². The third-order valence-corrected chi connectivity index (χ3v) is 3.16. The standard InChI is InChI=1S/C17H27NO/c1-4-6-12-19-14-16-7-9-17(10-8-16)15(3)13-18-11-5-2/h4,7-10,15,18H,1,5-6,11-14H2,2-3H3. The molecular formula is C17H27NO. The Bertz CT molecular complexity index is 345. The lowest BCUT2D eigenvalue weighted by atomic mass is 10.00. The van der Waals surface area contributed by atoms with Gasteiger partial charge in [-0.25, -0.2) is 0 Å². The summed E-state index contributed by atoms with van der Waals surface area (Å²) in [5.74, 6) is 0.558. The Labute approximate surface area is 117 Å². The molecule has 0 radical (unpaired) electrons. The van der Waals surface area contributed by atoms with Crippen LogP contribution in [0.4, 0.5) is 0 Å². The van der Waals surface area contributed by atoms with E-state index in [1.165, 1.54) is 17.5 Å². The van der Waals surface area contributed by atoms with Gasteiger partial charge in [0.05, 0.1) is 13.2 Å². The molecule has 106 valence electrons. The zero-order valence-electron chi connectivity index (χ0n) is 12.3. The molecule has 0 bridgehead atoms. The fourth-order valence-electron chi connectivity index (χ4n) is 1.91. The van der Waals surface area contributed by atoms with Crippen LogP contribution in [-0.4, -0.2) is 19.7 Å². The maximum absolute atomic E-state index is 5.56. The molecule has 0 aromatic heterocycles. The highest BCUT2D eigenvalue weighted by atomic mass is 16.5. The Morgan fingerprint density at radius 2 is 2.05 bits per heavy atom. The van der Waals surface area contributed by atoms with Gasteiger partial charge in [-0.15, -0.1) is 6.58 Å². The molecule has 0 saturated heterocycles. The number of hydrogen-bond acceptors (Lipinski definition) is 2. The van der Waals surface area contributed by atoms with Crippen molar-refractivity contribution in [2.75, 3.05) is 19.7 Å². The largest absolute Gasteiger partial charge is 0.376 e. The second-order valence-corrected chi connectivity index (χ2v) is 4.98.